The molecule has 2 aromatic rings. The maximum absolute atomic E-state index is 13.6. The second-order valence-corrected chi connectivity index (χ2v) is 9.27. The first-order valence-electron chi connectivity index (χ1n) is 11.6. The van der Waals surface area contributed by atoms with Gasteiger partial charge in [0.25, 0.3) is 0 Å². The minimum Gasteiger partial charge on any atom is -0.496 e. The van der Waals surface area contributed by atoms with E-state index in [1.807, 2.05) is 63.2 Å². The van der Waals surface area contributed by atoms with Crippen molar-refractivity contribution in [3.8, 4) is 5.75 Å². The third-order valence-electron chi connectivity index (χ3n) is 6.45. The highest BCUT2D eigenvalue weighted by Crippen LogP contribution is 2.48. The molecule has 172 valence electrons. The number of benzene rings is 2. The fourth-order valence-corrected chi connectivity index (χ4v) is 4.92. The number of esters is 1. The standard InChI is InChI=1S/C28H31NO4/c1-17(2)16-33-28(31)25-18(3)29-22-14-20(19-10-6-5-7-11-19)15-23(30)27(22)26(25)21-12-8-9-13-24(21)32-4/h5-13,17,20,25-26H,14-16H2,1-4H3/t20-,25?,26-/m0/s1. The predicted molar refractivity (Wildman–Crippen MR) is 129 cm³/mol. The van der Waals surface area contributed by atoms with Gasteiger partial charge in [-0.1, -0.05) is 62.4 Å². The lowest BCUT2D eigenvalue weighted by atomic mass is 9.69. The van der Waals surface area contributed by atoms with Crippen LogP contribution in [0.3, 0.4) is 0 Å². The van der Waals surface area contributed by atoms with Crippen molar-refractivity contribution in [3.05, 3.63) is 77.0 Å². The van der Waals surface area contributed by atoms with Crippen LogP contribution < -0.4 is 4.74 Å². The van der Waals surface area contributed by atoms with Gasteiger partial charge < -0.3 is 9.47 Å². The van der Waals surface area contributed by atoms with E-state index in [0.29, 0.717) is 36.5 Å². The third-order valence-corrected chi connectivity index (χ3v) is 6.45. The Morgan fingerprint density at radius 3 is 2.45 bits per heavy atom. The molecule has 3 atom stereocenters. The summed E-state index contributed by atoms with van der Waals surface area (Å²) < 4.78 is 11.3. The number of nitrogens with zero attached hydrogens (tertiary/aromatic N) is 1. The number of rotatable bonds is 6. The summed E-state index contributed by atoms with van der Waals surface area (Å²) in [6, 6.07) is 17.7. The number of ether oxygens (including phenoxy) is 2. The zero-order valence-electron chi connectivity index (χ0n) is 19.7. The Balaban J connectivity index is 1.80. The lowest BCUT2D eigenvalue weighted by Gasteiger charge is -2.37. The molecule has 33 heavy (non-hydrogen) atoms. The van der Waals surface area contributed by atoms with E-state index in [1.165, 1.54) is 0 Å². The summed E-state index contributed by atoms with van der Waals surface area (Å²) in [6.07, 6.45) is 1.07. The van der Waals surface area contributed by atoms with E-state index in [2.05, 4.69) is 12.1 Å². The second kappa shape index (κ2) is 9.74. The van der Waals surface area contributed by atoms with Crippen LogP contribution in [0.15, 0.2) is 70.9 Å². The molecule has 2 aliphatic rings. The third kappa shape index (κ3) is 4.63. The van der Waals surface area contributed by atoms with E-state index in [4.69, 9.17) is 14.5 Å². The van der Waals surface area contributed by atoms with E-state index < -0.39 is 11.8 Å². The molecule has 1 aliphatic carbocycles. The molecule has 0 saturated carbocycles. The number of ketones is 1. The lowest BCUT2D eigenvalue weighted by Crippen LogP contribution is -2.38. The Morgan fingerprint density at radius 2 is 1.76 bits per heavy atom. The van der Waals surface area contributed by atoms with Gasteiger partial charge >= 0.3 is 5.97 Å². The first-order chi connectivity index (χ1) is 15.9. The number of aliphatic imine (C=N–C) groups is 1. The molecule has 0 amide bonds. The number of carbonyl (C=O) groups is 2. The van der Waals surface area contributed by atoms with Crippen molar-refractivity contribution in [1.29, 1.82) is 0 Å². The molecule has 5 nitrogen and oxygen atoms in total. The van der Waals surface area contributed by atoms with Crippen LogP contribution >= 0.6 is 0 Å². The fraction of sp³-hybridized carbons (Fsp3) is 0.393. The molecule has 0 bridgehead atoms. The van der Waals surface area contributed by atoms with Crippen molar-refractivity contribution in [2.24, 2.45) is 16.8 Å². The molecule has 2 aromatic carbocycles. The van der Waals surface area contributed by atoms with Gasteiger partial charge in [0.15, 0.2) is 5.78 Å². The summed E-state index contributed by atoms with van der Waals surface area (Å²) in [5.74, 6) is -0.476. The SMILES string of the molecule is COc1ccccc1[C@@H]1C2=C(C[C@H](c3ccccc3)CC2=O)N=C(C)C1C(=O)OCC(C)C. The normalized spacial score (nSPS) is 22.6. The fourth-order valence-electron chi connectivity index (χ4n) is 4.92. The quantitative estimate of drug-likeness (QED) is 0.553. The summed E-state index contributed by atoms with van der Waals surface area (Å²) in [4.78, 5) is 31.7. The molecule has 1 unspecified atom stereocenters. The maximum atomic E-state index is 13.6. The van der Waals surface area contributed by atoms with Crippen LogP contribution in [0.1, 0.15) is 56.6 Å². The van der Waals surface area contributed by atoms with Crippen LogP contribution in [0.4, 0.5) is 0 Å². The zero-order chi connectivity index (χ0) is 23.5. The van der Waals surface area contributed by atoms with Crippen LogP contribution in [0.5, 0.6) is 5.75 Å². The number of para-hydroxylation sites is 1. The Bertz CT molecular complexity index is 1100. The summed E-state index contributed by atoms with van der Waals surface area (Å²) in [6.45, 7) is 6.20. The molecule has 0 aromatic heterocycles. The van der Waals surface area contributed by atoms with E-state index in [1.54, 1.807) is 7.11 Å². The molecule has 0 N–H and O–H groups in total. The second-order valence-electron chi connectivity index (χ2n) is 9.27. The minimum absolute atomic E-state index is 0.0407. The molecule has 1 heterocycles. The topological polar surface area (TPSA) is 65.0 Å². The van der Waals surface area contributed by atoms with Crippen molar-refractivity contribution in [2.45, 2.75) is 45.4 Å². The number of hydrogen-bond acceptors (Lipinski definition) is 5. The lowest BCUT2D eigenvalue weighted by molar-refractivity contribution is -0.147. The Kier molecular flexibility index (Phi) is 6.77. The van der Waals surface area contributed by atoms with Crippen LogP contribution in [0, 0.1) is 11.8 Å². The first kappa shape index (κ1) is 23.0. The van der Waals surface area contributed by atoms with Crippen LogP contribution in [-0.2, 0) is 14.3 Å². The summed E-state index contributed by atoms with van der Waals surface area (Å²) in [5.41, 5.74) is 4.04. The van der Waals surface area contributed by atoms with Gasteiger partial charge in [-0.05, 0) is 36.8 Å². The van der Waals surface area contributed by atoms with Gasteiger partial charge in [-0.2, -0.15) is 0 Å². The summed E-state index contributed by atoms with van der Waals surface area (Å²) in [7, 11) is 1.61. The van der Waals surface area contributed by atoms with Gasteiger partial charge in [-0.25, -0.2) is 0 Å². The van der Waals surface area contributed by atoms with Gasteiger partial charge in [-0.3, -0.25) is 14.6 Å². The van der Waals surface area contributed by atoms with Gasteiger partial charge in [0.1, 0.15) is 11.7 Å². The average molecular weight is 446 g/mol. The van der Waals surface area contributed by atoms with E-state index in [0.717, 1.165) is 16.8 Å². The monoisotopic (exact) mass is 445 g/mol. The largest absolute Gasteiger partial charge is 0.496 e. The predicted octanol–water partition coefficient (Wildman–Crippen LogP) is 5.47. The molecular formula is C28H31NO4. The van der Waals surface area contributed by atoms with Crippen molar-refractivity contribution < 1.29 is 19.1 Å². The number of hydrogen-bond donors (Lipinski definition) is 0. The van der Waals surface area contributed by atoms with Crippen LogP contribution in [0.2, 0.25) is 0 Å². The molecule has 0 saturated heterocycles. The van der Waals surface area contributed by atoms with Gasteiger partial charge in [0.2, 0.25) is 0 Å². The molecule has 1 aliphatic heterocycles. The molecule has 4 rings (SSSR count). The maximum Gasteiger partial charge on any atom is 0.315 e. The van der Waals surface area contributed by atoms with Crippen molar-refractivity contribution >= 4 is 17.5 Å². The highest BCUT2D eigenvalue weighted by molar-refractivity contribution is 6.09. The van der Waals surface area contributed by atoms with Gasteiger partial charge in [-0.15, -0.1) is 0 Å². The van der Waals surface area contributed by atoms with E-state index >= 15 is 0 Å². The summed E-state index contributed by atoms with van der Waals surface area (Å²) >= 11 is 0. The highest BCUT2D eigenvalue weighted by atomic mass is 16.5. The summed E-state index contributed by atoms with van der Waals surface area (Å²) in [5, 5.41) is 0. The van der Waals surface area contributed by atoms with Crippen molar-refractivity contribution in [2.75, 3.05) is 13.7 Å². The minimum atomic E-state index is -0.656. The average Bonchev–Trinajstić information content (AvgIpc) is 2.82. The molecule has 0 radical (unpaired) electrons. The number of methoxy groups -OCH3 is 1. The number of allylic oxidation sites excluding steroid dienone is 2. The van der Waals surface area contributed by atoms with E-state index in [-0.39, 0.29) is 23.6 Å². The van der Waals surface area contributed by atoms with Gasteiger partial charge in [0, 0.05) is 34.9 Å². The molecule has 0 spiro atoms. The highest BCUT2D eigenvalue weighted by Gasteiger charge is 2.45. The Morgan fingerprint density at radius 1 is 1.06 bits per heavy atom. The van der Waals surface area contributed by atoms with Crippen LogP contribution in [0.25, 0.3) is 0 Å². The Labute approximate surface area is 195 Å². The Hall–Kier alpha value is -3.21. The molecule has 5 heteroatoms. The van der Waals surface area contributed by atoms with Gasteiger partial charge in [0.05, 0.1) is 13.7 Å². The first-order valence-corrected chi connectivity index (χ1v) is 11.6. The number of carbonyl (C=O) groups excluding carboxylic acids is 2. The molecular weight excluding hydrogens is 414 g/mol. The smallest absolute Gasteiger partial charge is 0.315 e. The van der Waals surface area contributed by atoms with E-state index in [9.17, 15) is 9.59 Å². The number of Topliss-reactive ketones (excluding diaryl/α,β-unsaturated/α-hetero) is 1. The van der Waals surface area contributed by atoms with Crippen molar-refractivity contribution in [3.63, 3.8) is 0 Å². The van der Waals surface area contributed by atoms with Crippen molar-refractivity contribution in [1.82, 2.24) is 0 Å². The van der Waals surface area contributed by atoms with Crippen LogP contribution in [-0.4, -0.2) is 31.2 Å². The zero-order valence-corrected chi connectivity index (χ0v) is 19.7. The molecule has 0 fully saturated rings.